The first-order valence-electron chi connectivity index (χ1n) is 8.81. The third-order valence-electron chi connectivity index (χ3n) is 4.73. The van der Waals surface area contributed by atoms with Crippen LogP contribution >= 0.6 is 11.3 Å². The monoisotopic (exact) mass is 420 g/mol. The summed E-state index contributed by atoms with van der Waals surface area (Å²) >= 11 is 1.33. The van der Waals surface area contributed by atoms with E-state index in [9.17, 15) is 13.2 Å². The Morgan fingerprint density at radius 3 is 2.71 bits per heavy atom. The highest BCUT2D eigenvalue weighted by Gasteiger charge is 2.29. The van der Waals surface area contributed by atoms with Gasteiger partial charge in [-0.2, -0.15) is 4.31 Å². The van der Waals surface area contributed by atoms with Gasteiger partial charge in [-0.1, -0.05) is 11.3 Å². The summed E-state index contributed by atoms with van der Waals surface area (Å²) < 4.78 is 34.5. The molecule has 0 bridgehead atoms. The van der Waals surface area contributed by atoms with Gasteiger partial charge in [-0.3, -0.25) is 10.1 Å². The van der Waals surface area contributed by atoms with Gasteiger partial charge in [0, 0.05) is 26.3 Å². The van der Waals surface area contributed by atoms with Crippen LogP contribution in [0.1, 0.15) is 23.3 Å². The second kappa shape index (κ2) is 7.19. The second-order valence-electron chi connectivity index (χ2n) is 6.59. The summed E-state index contributed by atoms with van der Waals surface area (Å²) in [5.74, 6) is 0.310. The van der Waals surface area contributed by atoms with E-state index >= 15 is 0 Å². The molecule has 0 spiro atoms. The largest absolute Gasteiger partial charge is 0.497 e. The molecule has 0 saturated carbocycles. The Hall–Kier alpha value is -2.43. The summed E-state index contributed by atoms with van der Waals surface area (Å²) in [5.41, 5.74) is 1.01. The van der Waals surface area contributed by atoms with E-state index in [1.807, 2.05) is 12.1 Å². The number of methoxy groups -OCH3 is 1. The molecule has 2 aromatic heterocycles. The number of fused-ring (bicyclic) bond motifs is 1. The number of nitrogens with one attached hydrogen (secondary N) is 1. The van der Waals surface area contributed by atoms with Crippen molar-refractivity contribution in [2.45, 2.75) is 17.7 Å². The molecule has 10 heteroatoms. The van der Waals surface area contributed by atoms with Crippen LogP contribution in [0, 0.1) is 0 Å². The first-order chi connectivity index (χ1) is 13.4. The summed E-state index contributed by atoms with van der Waals surface area (Å²) in [6.07, 6.45) is 3.20. The molecule has 0 aliphatic carbocycles. The maximum Gasteiger partial charge on any atom is 0.274 e. The van der Waals surface area contributed by atoms with Gasteiger partial charge in [0.1, 0.15) is 16.3 Å². The molecule has 3 aromatic rings. The zero-order chi connectivity index (χ0) is 19.9. The number of benzene rings is 1. The fourth-order valence-corrected chi connectivity index (χ4v) is 5.70. The molecule has 28 heavy (non-hydrogen) atoms. The SMILES string of the molecule is COc1ccc2nc(NC(=O)c3cc(S(=O)(=O)N4CCCC4)cn3C)sc2c1. The van der Waals surface area contributed by atoms with Gasteiger partial charge in [0.05, 0.1) is 17.3 Å². The van der Waals surface area contributed by atoms with Gasteiger partial charge < -0.3 is 9.30 Å². The predicted octanol–water partition coefficient (Wildman–Crippen LogP) is 2.68. The number of hydrogen-bond acceptors (Lipinski definition) is 6. The maximum atomic E-state index is 12.7. The average molecular weight is 421 g/mol. The summed E-state index contributed by atoms with van der Waals surface area (Å²) in [7, 11) is -0.324. The molecule has 1 aliphatic heterocycles. The van der Waals surface area contributed by atoms with Gasteiger partial charge in [0.15, 0.2) is 5.13 Å². The Morgan fingerprint density at radius 2 is 2.00 bits per heavy atom. The third-order valence-corrected chi connectivity index (χ3v) is 7.53. The number of sulfonamides is 1. The van der Waals surface area contributed by atoms with Crippen LogP contribution in [0.2, 0.25) is 0 Å². The minimum absolute atomic E-state index is 0.135. The molecule has 1 aliphatic rings. The molecule has 1 amide bonds. The Bertz CT molecular complexity index is 1140. The second-order valence-corrected chi connectivity index (χ2v) is 9.56. The van der Waals surface area contributed by atoms with Gasteiger partial charge in [-0.15, -0.1) is 0 Å². The van der Waals surface area contributed by atoms with E-state index in [0.29, 0.717) is 24.0 Å². The lowest BCUT2D eigenvalue weighted by molar-refractivity contribution is 0.101. The molecule has 1 N–H and O–H groups in total. The van der Waals surface area contributed by atoms with Crippen LogP contribution < -0.4 is 10.1 Å². The van der Waals surface area contributed by atoms with Crippen molar-refractivity contribution < 1.29 is 17.9 Å². The molecule has 3 heterocycles. The number of ether oxygens (including phenoxy) is 1. The standard InChI is InChI=1S/C18H20N4O4S2/c1-21-11-13(28(24,25)22-7-3-4-8-22)10-15(21)17(23)20-18-19-14-6-5-12(26-2)9-16(14)27-18/h5-6,9-11H,3-4,7-8H2,1-2H3,(H,19,20,23). The quantitative estimate of drug-likeness (QED) is 0.685. The number of carbonyl (C=O) groups excluding carboxylic acids is 1. The zero-order valence-electron chi connectivity index (χ0n) is 15.5. The van der Waals surface area contributed by atoms with Gasteiger partial charge in [-0.25, -0.2) is 13.4 Å². The van der Waals surface area contributed by atoms with Crippen LogP contribution in [0.15, 0.2) is 35.4 Å². The van der Waals surface area contributed by atoms with Crippen molar-refractivity contribution >= 4 is 42.6 Å². The first kappa shape index (κ1) is 18.9. The lowest BCUT2D eigenvalue weighted by Gasteiger charge is -2.13. The van der Waals surface area contributed by atoms with Crippen molar-refractivity contribution in [3.63, 3.8) is 0 Å². The Balaban J connectivity index is 1.58. The molecule has 148 valence electrons. The minimum Gasteiger partial charge on any atom is -0.497 e. The number of nitrogens with zero attached hydrogens (tertiary/aromatic N) is 3. The summed E-state index contributed by atoms with van der Waals surface area (Å²) in [6, 6.07) is 6.90. The normalized spacial score (nSPS) is 15.2. The number of carbonyl (C=O) groups is 1. The van der Waals surface area contributed by atoms with Crippen molar-refractivity contribution in [1.82, 2.24) is 13.9 Å². The van der Waals surface area contributed by atoms with E-state index in [-0.39, 0.29) is 10.6 Å². The molecular weight excluding hydrogens is 400 g/mol. The zero-order valence-corrected chi connectivity index (χ0v) is 17.1. The molecule has 0 atom stereocenters. The number of hydrogen-bond donors (Lipinski definition) is 1. The highest BCUT2D eigenvalue weighted by molar-refractivity contribution is 7.89. The maximum absolute atomic E-state index is 12.7. The van der Waals surface area contributed by atoms with E-state index in [1.54, 1.807) is 20.2 Å². The van der Waals surface area contributed by atoms with Crippen LogP contribution in [0.4, 0.5) is 5.13 Å². The highest BCUT2D eigenvalue weighted by atomic mass is 32.2. The van der Waals surface area contributed by atoms with Crippen molar-refractivity contribution in [1.29, 1.82) is 0 Å². The number of aromatic nitrogens is 2. The van der Waals surface area contributed by atoms with Gasteiger partial charge in [-0.05, 0) is 37.1 Å². The summed E-state index contributed by atoms with van der Waals surface area (Å²) in [4.78, 5) is 17.2. The molecule has 1 saturated heterocycles. The predicted molar refractivity (Wildman–Crippen MR) is 108 cm³/mol. The van der Waals surface area contributed by atoms with E-state index in [1.165, 1.54) is 32.5 Å². The Labute approximate surface area is 166 Å². The van der Waals surface area contributed by atoms with E-state index in [0.717, 1.165) is 23.1 Å². The fourth-order valence-electron chi connectivity index (χ4n) is 3.23. The van der Waals surface area contributed by atoms with Crippen LogP contribution in [0.5, 0.6) is 5.75 Å². The number of thiazole rings is 1. The average Bonchev–Trinajstić information content (AvgIpc) is 3.40. The third kappa shape index (κ3) is 3.38. The topological polar surface area (TPSA) is 93.5 Å². The Kier molecular flexibility index (Phi) is 4.86. The Morgan fingerprint density at radius 1 is 1.25 bits per heavy atom. The molecular formula is C18H20N4O4S2. The van der Waals surface area contributed by atoms with Crippen molar-refractivity contribution in [3.8, 4) is 5.75 Å². The molecule has 0 unspecified atom stereocenters. The number of rotatable bonds is 5. The van der Waals surface area contributed by atoms with E-state index in [2.05, 4.69) is 10.3 Å². The summed E-state index contributed by atoms with van der Waals surface area (Å²) in [5, 5.41) is 3.20. The lowest BCUT2D eigenvalue weighted by Crippen LogP contribution is -2.27. The molecule has 8 nitrogen and oxygen atoms in total. The lowest BCUT2D eigenvalue weighted by atomic mass is 10.3. The number of amides is 1. The first-order valence-corrected chi connectivity index (χ1v) is 11.1. The molecule has 1 fully saturated rings. The minimum atomic E-state index is -3.57. The van der Waals surface area contributed by atoms with Gasteiger partial charge in [0.2, 0.25) is 10.0 Å². The van der Waals surface area contributed by atoms with Crippen molar-refractivity contribution in [3.05, 3.63) is 36.2 Å². The molecule has 1 aromatic carbocycles. The van der Waals surface area contributed by atoms with Crippen molar-refractivity contribution in [2.24, 2.45) is 7.05 Å². The fraction of sp³-hybridized carbons (Fsp3) is 0.333. The van der Waals surface area contributed by atoms with E-state index < -0.39 is 15.9 Å². The van der Waals surface area contributed by atoms with Crippen LogP contribution in [0.3, 0.4) is 0 Å². The number of anilines is 1. The smallest absolute Gasteiger partial charge is 0.274 e. The van der Waals surface area contributed by atoms with Crippen LogP contribution in [-0.2, 0) is 17.1 Å². The molecule has 4 rings (SSSR count). The van der Waals surface area contributed by atoms with Crippen LogP contribution in [-0.4, -0.2) is 48.4 Å². The number of aryl methyl sites for hydroxylation is 1. The molecule has 0 radical (unpaired) electrons. The summed E-state index contributed by atoms with van der Waals surface area (Å²) in [6.45, 7) is 1.04. The van der Waals surface area contributed by atoms with Gasteiger partial charge in [0.25, 0.3) is 5.91 Å². The van der Waals surface area contributed by atoms with Crippen LogP contribution in [0.25, 0.3) is 10.2 Å². The van der Waals surface area contributed by atoms with Gasteiger partial charge >= 0.3 is 0 Å². The highest BCUT2D eigenvalue weighted by Crippen LogP contribution is 2.30. The van der Waals surface area contributed by atoms with Crippen molar-refractivity contribution in [2.75, 3.05) is 25.5 Å². The van der Waals surface area contributed by atoms with E-state index in [4.69, 9.17) is 4.74 Å².